The van der Waals surface area contributed by atoms with Crippen LogP contribution in [0.5, 0.6) is 0 Å². The van der Waals surface area contributed by atoms with Gasteiger partial charge in [-0.25, -0.2) is 0 Å². The fourth-order valence-electron chi connectivity index (χ4n) is 3.14. The number of aryl methyl sites for hydroxylation is 1. The molecular weight excluding hydrogens is 328 g/mol. The van der Waals surface area contributed by atoms with Crippen LogP contribution in [0.3, 0.4) is 0 Å². The first-order chi connectivity index (χ1) is 12.6. The Bertz CT molecular complexity index is 979. The van der Waals surface area contributed by atoms with Crippen LogP contribution in [-0.2, 0) is 11.2 Å². The first-order valence-electron chi connectivity index (χ1n) is 8.42. The summed E-state index contributed by atoms with van der Waals surface area (Å²) in [6.07, 6.45) is 6.62. The van der Waals surface area contributed by atoms with Crippen LogP contribution in [0.15, 0.2) is 61.1 Å². The minimum atomic E-state index is -0.265. The predicted molar refractivity (Wildman–Crippen MR) is 99.7 cm³/mol. The molecule has 3 aromatic rings. The van der Waals surface area contributed by atoms with E-state index in [2.05, 4.69) is 10.3 Å². The summed E-state index contributed by atoms with van der Waals surface area (Å²) in [5.74, 6) is -0.153. The number of aromatic nitrogens is 2. The molecule has 0 unspecified atom stereocenters. The second kappa shape index (κ2) is 6.48. The van der Waals surface area contributed by atoms with E-state index in [-0.39, 0.29) is 11.8 Å². The van der Waals surface area contributed by atoms with Gasteiger partial charge < -0.3 is 14.8 Å². The van der Waals surface area contributed by atoms with Gasteiger partial charge in [0.15, 0.2) is 0 Å². The molecule has 0 saturated heterocycles. The van der Waals surface area contributed by atoms with E-state index in [1.807, 2.05) is 53.4 Å². The van der Waals surface area contributed by atoms with E-state index >= 15 is 0 Å². The normalized spacial score (nSPS) is 13.4. The Morgan fingerprint density at radius 2 is 1.92 bits per heavy atom. The number of nitrogens with one attached hydrogen (secondary N) is 1. The number of fused-ring (bicyclic) bond motifs is 1. The molecule has 0 atom stereocenters. The maximum atomic E-state index is 12.6. The maximum Gasteiger partial charge on any atom is 0.274 e. The fraction of sp³-hybridized carbons (Fsp3) is 0.150. The first kappa shape index (κ1) is 16.1. The molecule has 6 nitrogen and oxygen atoms in total. The van der Waals surface area contributed by atoms with Crippen molar-refractivity contribution in [2.45, 2.75) is 12.8 Å². The second-order valence-corrected chi connectivity index (χ2v) is 6.24. The van der Waals surface area contributed by atoms with Crippen LogP contribution >= 0.6 is 0 Å². The summed E-state index contributed by atoms with van der Waals surface area (Å²) in [5.41, 5.74) is 3.87. The average molecular weight is 346 g/mol. The quantitative estimate of drug-likeness (QED) is 0.793. The van der Waals surface area contributed by atoms with Gasteiger partial charge in [-0.1, -0.05) is 0 Å². The number of hydrogen-bond acceptors (Lipinski definition) is 3. The summed E-state index contributed by atoms with van der Waals surface area (Å²) in [6, 6.07) is 13.0. The Kier molecular flexibility index (Phi) is 4.01. The van der Waals surface area contributed by atoms with Gasteiger partial charge in [-0.2, -0.15) is 0 Å². The summed E-state index contributed by atoms with van der Waals surface area (Å²) in [4.78, 5) is 30.2. The standard InChI is InChI=1S/C20H18N4O2/c1-23-18-6-5-15(12-14(18)4-7-19(23)25)22-20(26)17-13-16(8-9-21-17)24-10-2-3-11-24/h2-3,5-6,8-13H,4,7H2,1H3,(H,22,26). The number of nitrogens with zero attached hydrogens (tertiary/aromatic N) is 3. The molecule has 1 aromatic carbocycles. The maximum absolute atomic E-state index is 12.6. The molecule has 0 bridgehead atoms. The van der Waals surface area contributed by atoms with E-state index in [9.17, 15) is 9.59 Å². The molecule has 0 aliphatic carbocycles. The lowest BCUT2D eigenvalue weighted by atomic mass is 10.0. The largest absolute Gasteiger partial charge is 0.324 e. The van der Waals surface area contributed by atoms with Gasteiger partial charge in [0.25, 0.3) is 5.91 Å². The molecule has 0 fully saturated rings. The lowest BCUT2D eigenvalue weighted by Crippen LogP contribution is -2.31. The topological polar surface area (TPSA) is 67.2 Å². The third-order valence-corrected chi connectivity index (χ3v) is 4.56. The zero-order valence-corrected chi connectivity index (χ0v) is 14.3. The Labute approximate surface area is 151 Å². The Balaban J connectivity index is 1.56. The molecule has 0 radical (unpaired) electrons. The molecule has 2 aromatic heterocycles. The fourth-order valence-corrected chi connectivity index (χ4v) is 3.14. The van der Waals surface area contributed by atoms with E-state index in [0.29, 0.717) is 24.2 Å². The highest BCUT2D eigenvalue weighted by Gasteiger charge is 2.21. The van der Waals surface area contributed by atoms with E-state index in [1.165, 1.54) is 0 Å². The lowest BCUT2D eigenvalue weighted by molar-refractivity contribution is -0.118. The zero-order chi connectivity index (χ0) is 18.1. The van der Waals surface area contributed by atoms with Gasteiger partial charge in [-0.05, 0) is 54.4 Å². The molecule has 1 aliphatic rings. The van der Waals surface area contributed by atoms with Gasteiger partial charge in [0.1, 0.15) is 5.69 Å². The van der Waals surface area contributed by atoms with E-state index in [1.54, 1.807) is 24.2 Å². The van der Waals surface area contributed by atoms with E-state index < -0.39 is 0 Å². The van der Waals surface area contributed by atoms with Gasteiger partial charge >= 0.3 is 0 Å². The molecular formula is C20H18N4O2. The number of amides is 2. The summed E-state index contributed by atoms with van der Waals surface area (Å²) in [6.45, 7) is 0. The van der Waals surface area contributed by atoms with Crippen LogP contribution in [0.4, 0.5) is 11.4 Å². The van der Waals surface area contributed by atoms with Crippen LogP contribution < -0.4 is 10.2 Å². The number of pyridine rings is 1. The van der Waals surface area contributed by atoms with Crippen LogP contribution in [0.1, 0.15) is 22.5 Å². The number of carbonyl (C=O) groups is 2. The summed E-state index contributed by atoms with van der Waals surface area (Å²) in [7, 11) is 1.77. The molecule has 2 amide bonds. The van der Waals surface area contributed by atoms with Gasteiger partial charge in [0.2, 0.25) is 5.91 Å². The van der Waals surface area contributed by atoms with Crippen molar-refractivity contribution in [3.05, 3.63) is 72.3 Å². The smallest absolute Gasteiger partial charge is 0.274 e. The van der Waals surface area contributed by atoms with Crippen LogP contribution in [0.25, 0.3) is 5.69 Å². The molecule has 0 spiro atoms. The van der Waals surface area contributed by atoms with Crippen molar-refractivity contribution in [1.29, 1.82) is 0 Å². The Morgan fingerprint density at radius 1 is 1.12 bits per heavy atom. The van der Waals surface area contributed by atoms with Crippen molar-refractivity contribution < 1.29 is 9.59 Å². The minimum absolute atomic E-state index is 0.111. The number of anilines is 2. The highest BCUT2D eigenvalue weighted by atomic mass is 16.2. The SMILES string of the molecule is CN1C(=O)CCc2cc(NC(=O)c3cc(-n4cccc4)ccn3)ccc21. The highest BCUT2D eigenvalue weighted by Crippen LogP contribution is 2.29. The second-order valence-electron chi connectivity index (χ2n) is 6.24. The molecule has 4 rings (SSSR count). The number of benzene rings is 1. The summed E-state index contributed by atoms with van der Waals surface area (Å²) < 4.78 is 1.92. The lowest BCUT2D eigenvalue weighted by Gasteiger charge is -2.26. The molecule has 130 valence electrons. The number of hydrogen-bond donors (Lipinski definition) is 1. The van der Waals surface area contributed by atoms with Gasteiger partial charge in [0, 0.05) is 49.1 Å². The highest BCUT2D eigenvalue weighted by molar-refractivity contribution is 6.03. The Hall–Kier alpha value is -3.41. The van der Waals surface area contributed by atoms with Gasteiger partial charge in [0.05, 0.1) is 0 Å². The molecule has 1 N–H and O–H groups in total. The molecule has 0 saturated carbocycles. The third kappa shape index (κ3) is 2.97. The molecule has 1 aliphatic heterocycles. The van der Waals surface area contributed by atoms with Gasteiger partial charge in [-0.3, -0.25) is 14.6 Å². The van der Waals surface area contributed by atoms with Crippen molar-refractivity contribution in [1.82, 2.24) is 9.55 Å². The van der Waals surface area contributed by atoms with E-state index in [0.717, 1.165) is 16.9 Å². The molecule has 26 heavy (non-hydrogen) atoms. The van der Waals surface area contributed by atoms with Gasteiger partial charge in [-0.15, -0.1) is 0 Å². The molecule has 6 heteroatoms. The van der Waals surface area contributed by atoms with Crippen molar-refractivity contribution in [3.8, 4) is 5.69 Å². The minimum Gasteiger partial charge on any atom is -0.324 e. The predicted octanol–water partition coefficient (Wildman–Crippen LogP) is 3.03. The summed E-state index contributed by atoms with van der Waals surface area (Å²) >= 11 is 0. The van der Waals surface area contributed by atoms with Crippen molar-refractivity contribution in [3.63, 3.8) is 0 Å². The average Bonchev–Trinajstić information content (AvgIpc) is 3.20. The van der Waals surface area contributed by atoms with E-state index in [4.69, 9.17) is 0 Å². The van der Waals surface area contributed by atoms with Crippen molar-refractivity contribution in [2.24, 2.45) is 0 Å². The number of rotatable bonds is 3. The monoisotopic (exact) mass is 346 g/mol. The third-order valence-electron chi connectivity index (χ3n) is 4.56. The van der Waals surface area contributed by atoms with Crippen LogP contribution in [0.2, 0.25) is 0 Å². The first-order valence-corrected chi connectivity index (χ1v) is 8.42. The number of carbonyl (C=O) groups excluding carboxylic acids is 2. The summed E-state index contributed by atoms with van der Waals surface area (Å²) in [5, 5.41) is 2.89. The Morgan fingerprint density at radius 3 is 2.73 bits per heavy atom. The zero-order valence-electron chi connectivity index (χ0n) is 14.3. The molecule has 3 heterocycles. The van der Waals surface area contributed by atoms with Crippen LogP contribution in [-0.4, -0.2) is 28.4 Å². The van der Waals surface area contributed by atoms with Crippen LogP contribution in [0, 0.1) is 0 Å². The van der Waals surface area contributed by atoms with Crippen molar-refractivity contribution in [2.75, 3.05) is 17.3 Å². The van der Waals surface area contributed by atoms with Crippen molar-refractivity contribution >= 4 is 23.2 Å².